The predicted octanol–water partition coefficient (Wildman–Crippen LogP) is 3.85. The molecule has 1 aromatic carbocycles. The highest BCUT2D eigenvalue weighted by Crippen LogP contribution is 2.41. The number of hydrogen-bond acceptors (Lipinski definition) is 3. The van der Waals surface area contributed by atoms with Gasteiger partial charge in [0.15, 0.2) is 11.5 Å². The van der Waals surface area contributed by atoms with Crippen molar-refractivity contribution in [3.63, 3.8) is 0 Å². The molecule has 3 heteroatoms. The van der Waals surface area contributed by atoms with Crippen LogP contribution in [0, 0.1) is 11.8 Å². The molecule has 3 nitrogen and oxygen atoms in total. The van der Waals surface area contributed by atoms with Crippen LogP contribution in [0.2, 0.25) is 0 Å². The van der Waals surface area contributed by atoms with Crippen molar-refractivity contribution in [3.05, 3.63) is 23.8 Å². The van der Waals surface area contributed by atoms with Crippen LogP contribution >= 0.6 is 0 Å². The van der Waals surface area contributed by atoms with Gasteiger partial charge in [-0.05, 0) is 48.8 Å². The maximum atomic E-state index is 6.78. The summed E-state index contributed by atoms with van der Waals surface area (Å²) in [5.74, 6) is 3.27. The van der Waals surface area contributed by atoms with Crippen LogP contribution in [-0.2, 0) is 5.54 Å². The first-order valence-corrected chi connectivity index (χ1v) is 8.27. The van der Waals surface area contributed by atoms with Crippen molar-refractivity contribution < 1.29 is 9.47 Å². The normalized spacial score (nSPS) is 29.2. The molecule has 0 amide bonds. The Morgan fingerprint density at radius 1 is 1.10 bits per heavy atom. The Hall–Kier alpha value is -1.22. The van der Waals surface area contributed by atoms with Crippen LogP contribution < -0.4 is 15.2 Å². The average Bonchev–Trinajstić information content (AvgIpc) is 2.70. The van der Waals surface area contributed by atoms with E-state index >= 15 is 0 Å². The molecule has 1 heterocycles. The van der Waals surface area contributed by atoms with Crippen molar-refractivity contribution in [2.45, 2.75) is 51.5 Å². The molecule has 21 heavy (non-hydrogen) atoms. The summed E-state index contributed by atoms with van der Waals surface area (Å²) in [4.78, 5) is 0. The molecule has 3 rings (SSSR count). The molecule has 2 unspecified atom stereocenters. The molecule has 2 N–H and O–H groups in total. The van der Waals surface area contributed by atoms with Crippen molar-refractivity contribution in [2.75, 3.05) is 13.2 Å². The Bertz CT molecular complexity index is 500. The number of fused-ring (bicyclic) bond motifs is 1. The minimum atomic E-state index is -0.209. The standard InChI is InChI=1S/C18H27NO2/c1-13(2)14-4-3-8-18(19,9-7-14)15-5-6-16-17(12-15)21-11-10-20-16/h5-6,12-14H,3-4,7-11,19H2,1-2H3. The van der Waals surface area contributed by atoms with Crippen molar-refractivity contribution in [1.29, 1.82) is 0 Å². The lowest BCUT2D eigenvalue weighted by Gasteiger charge is -2.30. The quantitative estimate of drug-likeness (QED) is 0.841. The van der Waals surface area contributed by atoms with E-state index in [1.165, 1.54) is 24.8 Å². The van der Waals surface area contributed by atoms with Gasteiger partial charge in [-0.2, -0.15) is 0 Å². The van der Waals surface area contributed by atoms with Crippen LogP contribution in [0.25, 0.3) is 0 Å². The second kappa shape index (κ2) is 5.88. The van der Waals surface area contributed by atoms with E-state index in [-0.39, 0.29) is 5.54 Å². The SMILES string of the molecule is CC(C)C1CCCC(N)(c2ccc3c(c2)OCCO3)CC1. The van der Waals surface area contributed by atoms with Crippen LogP contribution in [0.4, 0.5) is 0 Å². The largest absolute Gasteiger partial charge is 0.486 e. The Morgan fingerprint density at radius 3 is 2.62 bits per heavy atom. The summed E-state index contributed by atoms with van der Waals surface area (Å²) in [5.41, 5.74) is 7.78. The van der Waals surface area contributed by atoms with E-state index in [4.69, 9.17) is 15.2 Å². The van der Waals surface area contributed by atoms with Crippen molar-refractivity contribution >= 4 is 0 Å². The van der Waals surface area contributed by atoms with Gasteiger partial charge in [-0.1, -0.05) is 32.8 Å². The number of benzene rings is 1. The molecule has 0 aromatic heterocycles. The molecule has 1 saturated carbocycles. The fourth-order valence-corrected chi connectivity index (χ4v) is 3.70. The van der Waals surface area contributed by atoms with Crippen LogP contribution in [0.1, 0.15) is 51.5 Å². The lowest BCUT2D eigenvalue weighted by Crippen LogP contribution is -2.36. The molecular formula is C18H27NO2. The number of hydrogen-bond donors (Lipinski definition) is 1. The number of rotatable bonds is 2. The zero-order valence-electron chi connectivity index (χ0n) is 13.2. The zero-order chi connectivity index (χ0) is 14.9. The molecule has 0 saturated heterocycles. The van der Waals surface area contributed by atoms with Crippen LogP contribution in [0.5, 0.6) is 11.5 Å². The van der Waals surface area contributed by atoms with Gasteiger partial charge in [0.05, 0.1) is 0 Å². The minimum absolute atomic E-state index is 0.209. The van der Waals surface area contributed by atoms with E-state index < -0.39 is 0 Å². The van der Waals surface area contributed by atoms with E-state index in [1.807, 2.05) is 6.07 Å². The molecule has 2 atom stereocenters. The van der Waals surface area contributed by atoms with E-state index in [9.17, 15) is 0 Å². The first kappa shape index (κ1) is 14.7. The third-order valence-electron chi connectivity index (χ3n) is 5.22. The Labute approximate surface area is 127 Å². The van der Waals surface area contributed by atoms with Crippen molar-refractivity contribution in [3.8, 4) is 11.5 Å². The molecule has 0 bridgehead atoms. The third kappa shape index (κ3) is 3.03. The van der Waals surface area contributed by atoms with Crippen molar-refractivity contribution in [1.82, 2.24) is 0 Å². The monoisotopic (exact) mass is 289 g/mol. The second-order valence-corrected chi connectivity index (χ2v) is 6.95. The van der Waals surface area contributed by atoms with E-state index in [0.29, 0.717) is 13.2 Å². The summed E-state index contributed by atoms with van der Waals surface area (Å²) in [5, 5.41) is 0. The van der Waals surface area contributed by atoms with E-state index in [1.54, 1.807) is 0 Å². The maximum absolute atomic E-state index is 6.78. The first-order valence-electron chi connectivity index (χ1n) is 8.27. The molecule has 2 aliphatic rings. The Morgan fingerprint density at radius 2 is 1.86 bits per heavy atom. The van der Waals surface area contributed by atoms with Gasteiger partial charge in [-0.3, -0.25) is 0 Å². The summed E-state index contributed by atoms with van der Waals surface area (Å²) >= 11 is 0. The second-order valence-electron chi connectivity index (χ2n) is 6.95. The van der Waals surface area contributed by atoms with Gasteiger partial charge in [-0.15, -0.1) is 0 Å². The molecule has 0 spiro atoms. The van der Waals surface area contributed by atoms with Gasteiger partial charge in [0.1, 0.15) is 13.2 Å². The highest BCUT2D eigenvalue weighted by atomic mass is 16.6. The van der Waals surface area contributed by atoms with Gasteiger partial charge in [-0.25, -0.2) is 0 Å². The predicted molar refractivity (Wildman–Crippen MR) is 84.7 cm³/mol. The average molecular weight is 289 g/mol. The van der Waals surface area contributed by atoms with E-state index in [0.717, 1.165) is 36.2 Å². The van der Waals surface area contributed by atoms with E-state index in [2.05, 4.69) is 26.0 Å². The highest BCUT2D eigenvalue weighted by molar-refractivity contribution is 5.45. The third-order valence-corrected chi connectivity index (χ3v) is 5.22. The first-order chi connectivity index (χ1) is 10.1. The Balaban J connectivity index is 1.81. The van der Waals surface area contributed by atoms with Gasteiger partial charge >= 0.3 is 0 Å². The Kier molecular flexibility index (Phi) is 4.12. The van der Waals surface area contributed by atoms with Gasteiger partial charge < -0.3 is 15.2 Å². The summed E-state index contributed by atoms with van der Waals surface area (Å²) in [6, 6.07) is 6.25. The molecule has 1 aromatic rings. The van der Waals surface area contributed by atoms with Gasteiger partial charge in [0, 0.05) is 5.54 Å². The fourth-order valence-electron chi connectivity index (χ4n) is 3.70. The lowest BCUT2D eigenvalue weighted by atomic mass is 9.82. The molecule has 1 aliphatic heterocycles. The van der Waals surface area contributed by atoms with Crippen LogP contribution in [0.15, 0.2) is 18.2 Å². The van der Waals surface area contributed by atoms with Crippen LogP contribution in [-0.4, -0.2) is 13.2 Å². The molecule has 1 aliphatic carbocycles. The summed E-state index contributed by atoms with van der Waals surface area (Å²) in [7, 11) is 0. The molecule has 0 radical (unpaired) electrons. The topological polar surface area (TPSA) is 44.5 Å². The maximum Gasteiger partial charge on any atom is 0.161 e. The summed E-state index contributed by atoms with van der Waals surface area (Å²) in [6.45, 7) is 5.93. The highest BCUT2D eigenvalue weighted by Gasteiger charge is 2.32. The summed E-state index contributed by atoms with van der Waals surface area (Å²) in [6.07, 6.45) is 5.88. The zero-order valence-corrected chi connectivity index (χ0v) is 13.2. The number of nitrogens with two attached hydrogens (primary N) is 1. The fraction of sp³-hybridized carbons (Fsp3) is 0.667. The summed E-state index contributed by atoms with van der Waals surface area (Å²) < 4.78 is 11.3. The molecular weight excluding hydrogens is 262 g/mol. The van der Waals surface area contributed by atoms with Gasteiger partial charge in [0.25, 0.3) is 0 Å². The minimum Gasteiger partial charge on any atom is -0.486 e. The van der Waals surface area contributed by atoms with Crippen molar-refractivity contribution in [2.24, 2.45) is 17.6 Å². The molecule has 116 valence electrons. The number of ether oxygens (including phenoxy) is 2. The van der Waals surface area contributed by atoms with Gasteiger partial charge in [0.2, 0.25) is 0 Å². The smallest absolute Gasteiger partial charge is 0.161 e. The van der Waals surface area contributed by atoms with Crippen LogP contribution in [0.3, 0.4) is 0 Å². The lowest BCUT2D eigenvalue weighted by molar-refractivity contribution is 0.171. The molecule has 1 fully saturated rings.